The van der Waals surface area contributed by atoms with Gasteiger partial charge in [0.1, 0.15) is 11.6 Å². The molecular weight excluding hydrogens is 269 g/mol. The van der Waals surface area contributed by atoms with Crippen molar-refractivity contribution in [3.63, 3.8) is 0 Å². The van der Waals surface area contributed by atoms with E-state index in [2.05, 4.69) is 9.97 Å². The van der Waals surface area contributed by atoms with Crippen molar-refractivity contribution in [2.45, 2.75) is 19.4 Å². The third-order valence-corrected chi connectivity index (χ3v) is 3.04. The predicted octanol–water partition coefficient (Wildman–Crippen LogP) is 2.17. The van der Waals surface area contributed by atoms with Crippen LogP contribution in [0.2, 0.25) is 5.02 Å². The molecule has 1 atom stereocenters. The lowest BCUT2D eigenvalue weighted by Crippen LogP contribution is -2.17. The highest BCUT2D eigenvalue weighted by Gasteiger charge is 2.11. The zero-order chi connectivity index (χ0) is 14.0. The van der Waals surface area contributed by atoms with Crippen LogP contribution in [0.3, 0.4) is 0 Å². The zero-order valence-electron chi connectivity index (χ0n) is 10.3. The molecule has 100 valence electrons. The number of halogens is 2. The van der Waals surface area contributed by atoms with Crippen LogP contribution in [0.25, 0.3) is 0 Å². The van der Waals surface area contributed by atoms with Gasteiger partial charge in [0.25, 0.3) is 5.56 Å². The number of hydrogen-bond donors (Lipinski definition) is 2. The van der Waals surface area contributed by atoms with Crippen LogP contribution in [-0.2, 0) is 6.42 Å². The monoisotopic (exact) mass is 281 g/mol. The molecule has 0 radical (unpaired) electrons. The maximum absolute atomic E-state index is 13.7. The van der Waals surface area contributed by atoms with Crippen molar-refractivity contribution in [3.05, 3.63) is 62.5 Å². The molecule has 1 aromatic carbocycles. The van der Waals surface area contributed by atoms with Crippen LogP contribution in [-0.4, -0.2) is 9.97 Å². The van der Waals surface area contributed by atoms with Gasteiger partial charge in [-0.3, -0.25) is 4.79 Å². The molecular formula is C13H13ClFN3O. The van der Waals surface area contributed by atoms with E-state index in [1.165, 1.54) is 18.2 Å². The Kier molecular flexibility index (Phi) is 3.97. The number of aromatic amines is 1. The molecule has 1 unspecified atom stereocenters. The smallest absolute Gasteiger partial charge is 0.251 e. The van der Waals surface area contributed by atoms with Gasteiger partial charge in [0.05, 0.1) is 5.69 Å². The first kappa shape index (κ1) is 13.7. The lowest BCUT2D eigenvalue weighted by atomic mass is 10.1. The van der Waals surface area contributed by atoms with E-state index in [9.17, 15) is 9.18 Å². The molecule has 6 heteroatoms. The largest absolute Gasteiger partial charge is 0.323 e. The average Bonchev–Trinajstić information content (AvgIpc) is 2.33. The Morgan fingerprint density at radius 3 is 2.89 bits per heavy atom. The molecule has 0 saturated carbocycles. The summed E-state index contributed by atoms with van der Waals surface area (Å²) in [5, 5.41) is 0.300. The molecule has 0 aliphatic rings. The third kappa shape index (κ3) is 3.19. The van der Waals surface area contributed by atoms with E-state index in [4.69, 9.17) is 17.3 Å². The van der Waals surface area contributed by atoms with Crippen molar-refractivity contribution in [1.29, 1.82) is 0 Å². The Labute approximate surface area is 114 Å². The van der Waals surface area contributed by atoms with Gasteiger partial charge < -0.3 is 10.7 Å². The van der Waals surface area contributed by atoms with Crippen molar-refractivity contribution in [3.8, 4) is 0 Å². The number of rotatable bonds is 3. The van der Waals surface area contributed by atoms with Gasteiger partial charge in [-0.2, -0.15) is 0 Å². The van der Waals surface area contributed by atoms with E-state index >= 15 is 0 Å². The van der Waals surface area contributed by atoms with Crippen molar-refractivity contribution < 1.29 is 4.39 Å². The molecule has 0 spiro atoms. The summed E-state index contributed by atoms with van der Waals surface area (Å²) in [6.45, 7) is 1.72. The van der Waals surface area contributed by atoms with E-state index in [-0.39, 0.29) is 18.0 Å². The van der Waals surface area contributed by atoms with E-state index in [1.54, 1.807) is 13.0 Å². The van der Waals surface area contributed by atoms with Gasteiger partial charge in [0.15, 0.2) is 0 Å². The number of nitrogens with two attached hydrogens (primary N) is 1. The van der Waals surface area contributed by atoms with E-state index in [0.717, 1.165) is 0 Å². The van der Waals surface area contributed by atoms with Crippen LogP contribution in [0.1, 0.15) is 30.0 Å². The zero-order valence-corrected chi connectivity index (χ0v) is 11.0. The third-order valence-electron chi connectivity index (χ3n) is 2.68. The van der Waals surface area contributed by atoms with Gasteiger partial charge in [-0.15, -0.1) is 0 Å². The number of nitrogens with zero attached hydrogens (tertiary/aromatic N) is 1. The summed E-state index contributed by atoms with van der Waals surface area (Å²) in [6.07, 6.45) is 0.112. The van der Waals surface area contributed by atoms with Crippen LogP contribution in [0.4, 0.5) is 4.39 Å². The minimum absolute atomic E-state index is 0.112. The fourth-order valence-electron chi connectivity index (χ4n) is 1.71. The molecule has 1 heterocycles. The highest BCUT2D eigenvalue weighted by Crippen LogP contribution is 2.21. The summed E-state index contributed by atoms with van der Waals surface area (Å²) in [5.41, 5.74) is 6.14. The van der Waals surface area contributed by atoms with Crippen LogP contribution in [0.15, 0.2) is 29.1 Å². The summed E-state index contributed by atoms with van der Waals surface area (Å²) in [5.74, 6) is -0.0897. The molecule has 4 nitrogen and oxygen atoms in total. The van der Waals surface area contributed by atoms with Crippen molar-refractivity contribution >= 4 is 11.6 Å². The molecule has 19 heavy (non-hydrogen) atoms. The molecule has 2 rings (SSSR count). The molecule has 2 aromatic rings. The summed E-state index contributed by atoms with van der Waals surface area (Å²) in [7, 11) is 0. The molecule has 0 aliphatic heterocycles. The number of benzene rings is 1. The summed E-state index contributed by atoms with van der Waals surface area (Å²) < 4.78 is 13.7. The molecule has 0 saturated heterocycles. The minimum atomic E-state index is -0.429. The van der Waals surface area contributed by atoms with E-state index < -0.39 is 5.82 Å². The van der Waals surface area contributed by atoms with Crippen LogP contribution in [0.5, 0.6) is 0 Å². The molecule has 3 N–H and O–H groups in total. The normalized spacial score (nSPS) is 12.4. The van der Waals surface area contributed by atoms with Gasteiger partial charge in [0.2, 0.25) is 0 Å². The molecule has 1 aromatic heterocycles. The Balaban J connectivity index is 2.41. The highest BCUT2D eigenvalue weighted by molar-refractivity contribution is 6.31. The molecule has 0 bridgehead atoms. The molecule has 0 amide bonds. The fourth-order valence-corrected chi connectivity index (χ4v) is 1.94. The topological polar surface area (TPSA) is 71.8 Å². The number of aromatic nitrogens is 2. The minimum Gasteiger partial charge on any atom is -0.323 e. The Bertz CT molecular complexity index is 634. The van der Waals surface area contributed by atoms with Crippen LogP contribution < -0.4 is 11.3 Å². The lowest BCUT2D eigenvalue weighted by molar-refractivity contribution is 0.611. The summed E-state index contributed by atoms with van der Waals surface area (Å²) >= 11 is 5.94. The van der Waals surface area contributed by atoms with Gasteiger partial charge in [-0.1, -0.05) is 17.7 Å². The standard InChI is InChI=1S/C13H13ClFN3O/c1-7(16)11-6-13(19)18-12(17-11)5-8-9(14)3-2-4-10(8)15/h2-4,6-7H,5,16H2,1H3,(H,17,18,19). The number of hydrogen-bond acceptors (Lipinski definition) is 3. The SMILES string of the molecule is CC(N)c1cc(=O)[nH]c(Cc2c(F)cccc2Cl)n1. The first-order valence-electron chi connectivity index (χ1n) is 5.76. The predicted molar refractivity (Wildman–Crippen MR) is 71.7 cm³/mol. The average molecular weight is 282 g/mol. The van der Waals surface area contributed by atoms with Gasteiger partial charge in [-0.05, 0) is 19.1 Å². The molecule has 0 aliphatic carbocycles. The highest BCUT2D eigenvalue weighted by atomic mass is 35.5. The number of nitrogens with one attached hydrogen (secondary N) is 1. The summed E-state index contributed by atoms with van der Waals surface area (Å²) in [4.78, 5) is 18.3. The maximum Gasteiger partial charge on any atom is 0.251 e. The first-order chi connectivity index (χ1) is 8.97. The Morgan fingerprint density at radius 2 is 2.26 bits per heavy atom. The first-order valence-corrected chi connectivity index (χ1v) is 6.14. The number of H-pyrrole nitrogens is 1. The van der Waals surface area contributed by atoms with Gasteiger partial charge in [0, 0.05) is 29.1 Å². The Morgan fingerprint density at radius 1 is 1.53 bits per heavy atom. The van der Waals surface area contributed by atoms with Crippen molar-refractivity contribution in [2.75, 3.05) is 0 Å². The van der Waals surface area contributed by atoms with Crippen molar-refractivity contribution in [2.24, 2.45) is 5.73 Å². The van der Waals surface area contributed by atoms with Crippen molar-refractivity contribution in [1.82, 2.24) is 9.97 Å². The van der Waals surface area contributed by atoms with Crippen LogP contribution in [0, 0.1) is 5.82 Å². The van der Waals surface area contributed by atoms with Gasteiger partial charge in [-0.25, -0.2) is 9.37 Å². The van der Waals surface area contributed by atoms with Gasteiger partial charge >= 0.3 is 0 Å². The second-order valence-corrected chi connectivity index (χ2v) is 4.69. The second kappa shape index (κ2) is 5.50. The fraction of sp³-hybridized carbons (Fsp3) is 0.231. The van der Waals surface area contributed by atoms with E-state index in [1.807, 2.05) is 0 Å². The van der Waals surface area contributed by atoms with E-state index in [0.29, 0.717) is 22.1 Å². The van der Waals surface area contributed by atoms with Crippen LogP contribution >= 0.6 is 11.6 Å². The Hall–Kier alpha value is -1.72. The summed E-state index contributed by atoms with van der Waals surface area (Å²) in [6, 6.07) is 5.40. The second-order valence-electron chi connectivity index (χ2n) is 4.28. The maximum atomic E-state index is 13.7. The lowest BCUT2D eigenvalue weighted by Gasteiger charge is -2.08. The molecule has 0 fully saturated rings. The quantitative estimate of drug-likeness (QED) is 0.906.